The van der Waals surface area contributed by atoms with Crippen molar-refractivity contribution in [3.63, 3.8) is 0 Å². The zero-order valence-corrected chi connectivity index (χ0v) is 10.8. The van der Waals surface area contributed by atoms with E-state index in [0.29, 0.717) is 18.0 Å². The Kier molecular flexibility index (Phi) is 3.24. The van der Waals surface area contributed by atoms with Crippen LogP contribution in [-0.4, -0.2) is 17.8 Å². The minimum Gasteiger partial charge on any atom is -0.310 e. The highest BCUT2D eigenvalue weighted by atomic mass is 79.9. The molecule has 0 spiro atoms. The zero-order valence-electron chi connectivity index (χ0n) is 7.71. The number of alkyl halides is 1. The number of rotatable bonds is 1. The first-order valence-corrected chi connectivity index (χ1v) is 6.08. The second-order valence-electron chi connectivity index (χ2n) is 3.40. The summed E-state index contributed by atoms with van der Waals surface area (Å²) >= 11 is 15.1. The van der Waals surface area contributed by atoms with Gasteiger partial charge in [-0.15, -0.1) is 11.6 Å². The van der Waals surface area contributed by atoms with Crippen molar-refractivity contribution in [2.24, 2.45) is 0 Å². The first-order chi connectivity index (χ1) is 7.08. The second kappa shape index (κ2) is 4.32. The van der Waals surface area contributed by atoms with Crippen molar-refractivity contribution in [3.8, 4) is 0 Å². The highest BCUT2D eigenvalue weighted by Crippen LogP contribution is 2.32. The number of anilines is 1. The summed E-state index contributed by atoms with van der Waals surface area (Å²) < 4.78 is 0.814. The van der Waals surface area contributed by atoms with Gasteiger partial charge in [0.25, 0.3) is 0 Å². The van der Waals surface area contributed by atoms with Crippen LogP contribution in [0.4, 0.5) is 5.69 Å². The molecule has 1 saturated heterocycles. The Morgan fingerprint density at radius 1 is 1.47 bits per heavy atom. The number of benzene rings is 1. The maximum Gasteiger partial charge on any atom is 0.228 e. The molecule has 1 atom stereocenters. The topological polar surface area (TPSA) is 20.3 Å². The highest BCUT2D eigenvalue weighted by Gasteiger charge is 2.30. The maximum atomic E-state index is 11.6. The summed E-state index contributed by atoms with van der Waals surface area (Å²) in [6.45, 7) is 0.556. The molecule has 1 aromatic rings. The first kappa shape index (κ1) is 11.2. The molecule has 1 aromatic carbocycles. The summed E-state index contributed by atoms with van der Waals surface area (Å²) in [5.74, 6) is 0.0537. The van der Waals surface area contributed by atoms with Gasteiger partial charge in [0, 0.05) is 22.5 Å². The number of halogens is 3. The Morgan fingerprint density at radius 3 is 2.73 bits per heavy atom. The fourth-order valence-electron chi connectivity index (χ4n) is 1.60. The molecule has 0 radical (unpaired) electrons. The standard InChI is InChI=1S/C10H8BrCl2NO/c11-8-3-6(12)1-2-9(8)14-5-7(13)4-10(14)15/h1-3,7H,4-5H2. The monoisotopic (exact) mass is 307 g/mol. The molecule has 0 aromatic heterocycles. The molecule has 1 fully saturated rings. The van der Waals surface area contributed by atoms with E-state index in [1.54, 1.807) is 17.0 Å². The van der Waals surface area contributed by atoms with Gasteiger partial charge in [-0.2, -0.15) is 0 Å². The van der Waals surface area contributed by atoms with E-state index in [9.17, 15) is 4.79 Å². The number of hydrogen-bond acceptors (Lipinski definition) is 1. The predicted molar refractivity (Wildman–Crippen MR) is 65.8 cm³/mol. The summed E-state index contributed by atoms with van der Waals surface area (Å²) in [5.41, 5.74) is 0.826. The third-order valence-corrected chi connectivity index (χ3v) is 3.44. The van der Waals surface area contributed by atoms with E-state index in [1.807, 2.05) is 6.07 Å². The molecular formula is C10H8BrCl2NO. The van der Waals surface area contributed by atoms with E-state index in [0.717, 1.165) is 10.2 Å². The summed E-state index contributed by atoms with van der Waals surface area (Å²) in [6.07, 6.45) is 0.399. The van der Waals surface area contributed by atoms with Crippen LogP contribution < -0.4 is 4.90 Å². The van der Waals surface area contributed by atoms with Crippen molar-refractivity contribution in [3.05, 3.63) is 27.7 Å². The van der Waals surface area contributed by atoms with Crippen molar-refractivity contribution >= 4 is 50.7 Å². The van der Waals surface area contributed by atoms with Crippen molar-refractivity contribution in [2.75, 3.05) is 11.4 Å². The number of nitrogens with zero attached hydrogens (tertiary/aromatic N) is 1. The van der Waals surface area contributed by atoms with Crippen LogP contribution in [0.15, 0.2) is 22.7 Å². The lowest BCUT2D eigenvalue weighted by Gasteiger charge is -2.17. The lowest BCUT2D eigenvalue weighted by Crippen LogP contribution is -2.24. The molecule has 1 amide bonds. The highest BCUT2D eigenvalue weighted by molar-refractivity contribution is 9.10. The van der Waals surface area contributed by atoms with Crippen LogP contribution in [0.1, 0.15) is 6.42 Å². The number of hydrogen-bond donors (Lipinski definition) is 0. The van der Waals surface area contributed by atoms with E-state index in [-0.39, 0.29) is 11.3 Å². The zero-order chi connectivity index (χ0) is 11.0. The lowest BCUT2D eigenvalue weighted by atomic mass is 10.3. The molecule has 1 aliphatic heterocycles. The smallest absolute Gasteiger partial charge is 0.228 e. The van der Waals surface area contributed by atoms with Gasteiger partial charge in [0.2, 0.25) is 5.91 Å². The molecule has 2 nitrogen and oxygen atoms in total. The molecule has 1 heterocycles. The van der Waals surface area contributed by atoms with Crippen molar-refractivity contribution < 1.29 is 4.79 Å². The SMILES string of the molecule is O=C1CC(Cl)CN1c1ccc(Cl)cc1Br. The van der Waals surface area contributed by atoms with Gasteiger partial charge in [-0.05, 0) is 34.1 Å². The predicted octanol–water partition coefficient (Wildman–Crippen LogP) is 3.45. The minimum atomic E-state index is -0.0971. The van der Waals surface area contributed by atoms with E-state index in [2.05, 4.69) is 15.9 Å². The van der Waals surface area contributed by atoms with Gasteiger partial charge in [0.1, 0.15) is 0 Å². The number of carbonyl (C=O) groups excluding carboxylic acids is 1. The van der Waals surface area contributed by atoms with E-state index in [4.69, 9.17) is 23.2 Å². The van der Waals surface area contributed by atoms with E-state index < -0.39 is 0 Å². The maximum absolute atomic E-state index is 11.6. The third-order valence-electron chi connectivity index (χ3n) is 2.28. The fraction of sp³-hybridized carbons (Fsp3) is 0.300. The molecule has 0 aliphatic carbocycles. The average Bonchev–Trinajstić information content (AvgIpc) is 2.45. The van der Waals surface area contributed by atoms with E-state index >= 15 is 0 Å². The van der Waals surface area contributed by atoms with Crippen molar-refractivity contribution in [2.45, 2.75) is 11.8 Å². The van der Waals surface area contributed by atoms with Crippen LogP contribution in [0.3, 0.4) is 0 Å². The largest absolute Gasteiger partial charge is 0.310 e. The Hall–Kier alpha value is -0.250. The Morgan fingerprint density at radius 2 is 2.20 bits per heavy atom. The summed E-state index contributed by atoms with van der Waals surface area (Å²) in [5, 5.41) is 0.541. The molecule has 2 rings (SSSR count). The van der Waals surface area contributed by atoms with Crippen LogP contribution in [0.2, 0.25) is 5.02 Å². The Balaban J connectivity index is 2.34. The molecule has 0 bridgehead atoms. The molecule has 0 saturated carbocycles. The van der Waals surface area contributed by atoms with Gasteiger partial charge < -0.3 is 4.90 Å². The quantitative estimate of drug-likeness (QED) is 0.728. The third kappa shape index (κ3) is 2.30. The number of amides is 1. The Labute approximate surface area is 106 Å². The van der Waals surface area contributed by atoms with Gasteiger partial charge in [0.15, 0.2) is 0 Å². The summed E-state index contributed by atoms with van der Waals surface area (Å²) in [4.78, 5) is 13.3. The molecule has 5 heteroatoms. The van der Waals surface area contributed by atoms with Crippen LogP contribution in [0.5, 0.6) is 0 Å². The molecular weight excluding hydrogens is 301 g/mol. The molecule has 15 heavy (non-hydrogen) atoms. The van der Waals surface area contributed by atoms with Gasteiger partial charge in [-0.1, -0.05) is 11.6 Å². The normalized spacial score (nSPS) is 21.1. The van der Waals surface area contributed by atoms with Gasteiger partial charge in [-0.3, -0.25) is 4.79 Å². The van der Waals surface area contributed by atoms with Crippen LogP contribution in [0.25, 0.3) is 0 Å². The summed E-state index contributed by atoms with van der Waals surface area (Å²) in [7, 11) is 0. The van der Waals surface area contributed by atoms with Crippen LogP contribution in [-0.2, 0) is 4.79 Å². The summed E-state index contributed by atoms with van der Waals surface area (Å²) in [6, 6.07) is 5.35. The average molecular weight is 309 g/mol. The fourth-order valence-corrected chi connectivity index (χ4v) is 2.76. The molecule has 1 aliphatic rings. The number of carbonyl (C=O) groups is 1. The lowest BCUT2D eigenvalue weighted by molar-refractivity contribution is -0.117. The van der Waals surface area contributed by atoms with Crippen LogP contribution in [0, 0.1) is 0 Å². The molecule has 0 N–H and O–H groups in total. The van der Waals surface area contributed by atoms with Crippen molar-refractivity contribution in [1.29, 1.82) is 0 Å². The minimum absolute atomic E-state index is 0.0537. The van der Waals surface area contributed by atoms with Crippen LogP contribution >= 0.6 is 39.1 Å². The Bertz CT molecular complexity index is 410. The van der Waals surface area contributed by atoms with Gasteiger partial charge >= 0.3 is 0 Å². The van der Waals surface area contributed by atoms with Gasteiger partial charge in [0.05, 0.1) is 11.1 Å². The second-order valence-corrected chi connectivity index (χ2v) is 5.31. The van der Waals surface area contributed by atoms with E-state index in [1.165, 1.54) is 0 Å². The van der Waals surface area contributed by atoms with Crippen molar-refractivity contribution in [1.82, 2.24) is 0 Å². The molecule has 1 unspecified atom stereocenters. The first-order valence-electron chi connectivity index (χ1n) is 4.47. The van der Waals surface area contributed by atoms with Gasteiger partial charge in [-0.25, -0.2) is 0 Å². The molecule has 80 valence electrons.